The summed E-state index contributed by atoms with van der Waals surface area (Å²) in [6.45, 7) is 1.05. The summed E-state index contributed by atoms with van der Waals surface area (Å²) in [4.78, 5) is 19.0. The van der Waals surface area contributed by atoms with E-state index in [2.05, 4.69) is 23.2 Å². The molecule has 3 aromatic rings. The molecule has 1 aliphatic rings. The van der Waals surface area contributed by atoms with E-state index in [4.69, 9.17) is 4.74 Å². The van der Waals surface area contributed by atoms with E-state index >= 15 is 0 Å². The van der Waals surface area contributed by atoms with Gasteiger partial charge in [0.15, 0.2) is 0 Å². The van der Waals surface area contributed by atoms with E-state index in [0.29, 0.717) is 6.61 Å². The summed E-state index contributed by atoms with van der Waals surface area (Å²) in [5.41, 5.74) is 3.14. The minimum Gasteiger partial charge on any atom is -0.445 e. The fourth-order valence-electron chi connectivity index (χ4n) is 3.60. The molecule has 0 saturated carbocycles. The predicted molar refractivity (Wildman–Crippen MR) is 102 cm³/mol. The number of likely N-dealkylation sites (tertiary alicyclic amines) is 1. The summed E-state index contributed by atoms with van der Waals surface area (Å²) in [6.07, 6.45) is 4.68. The number of fused-ring (bicyclic) bond motifs is 1. The second-order valence-electron chi connectivity index (χ2n) is 6.70. The summed E-state index contributed by atoms with van der Waals surface area (Å²) >= 11 is 0. The zero-order valence-electron chi connectivity index (χ0n) is 14.7. The largest absolute Gasteiger partial charge is 0.445 e. The molecule has 0 spiro atoms. The van der Waals surface area contributed by atoms with Crippen molar-refractivity contribution in [2.45, 2.75) is 31.9 Å². The highest BCUT2D eigenvalue weighted by Crippen LogP contribution is 2.32. The van der Waals surface area contributed by atoms with Crippen LogP contribution >= 0.6 is 0 Å². The van der Waals surface area contributed by atoms with Crippen LogP contribution in [0.4, 0.5) is 4.79 Å². The van der Waals surface area contributed by atoms with Gasteiger partial charge in [-0.15, -0.1) is 0 Å². The van der Waals surface area contributed by atoms with Crippen LogP contribution in [0, 0.1) is 0 Å². The second kappa shape index (κ2) is 7.56. The molecule has 4 rings (SSSR count). The Morgan fingerprint density at radius 2 is 1.96 bits per heavy atom. The summed E-state index contributed by atoms with van der Waals surface area (Å²) in [6, 6.07) is 20.1. The smallest absolute Gasteiger partial charge is 0.410 e. The van der Waals surface area contributed by atoms with Crippen LogP contribution in [0.3, 0.4) is 0 Å². The van der Waals surface area contributed by atoms with Crippen LogP contribution < -0.4 is 0 Å². The molecule has 1 aromatic heterocycles. The van der Waals surface area contributed by atoms with Gasteiger partial charge < -0.3 is 9.64 Å². The quantitative estimate of drug-likeness (QED) is 0.663. The predicted octanol–water partition coefficient (Wildman–Crippen LogP) is 5.10. The van der Waals surface area contributed by atoms with Crippen molar-refractivity contribution < 1.29 is 9.53 Å². The Morgan fingerprint density at radius 1 is 1.08 bits per heavy atom. The van der Waals surface area contributed by atoms with Crippen molar-refractivity contribution in [2.24, 2.45) is 0 Å². The Kier molecular flexibility index (Phi) is 4.82. The Balaban J connectivity index is 1.52. The molecule has 132 valence electrons. The summed E-state index contributed by atoms with van der Waals surface area (Å²) in [5, 5.41) is 1.10. The number of benzene rings is 2. The standard InChI is InChI=1S/C22H22N2O2/c25-22(26-16-17-7-2-1-3-8-17)24-14-5-4-10-21(24)19-11-12-20-18(15-19)9-6-13-23-20/h1-3,6-9,11-13,15,21H,4-5,10,14,16H2/t21-/m0/s1. The first-order valence-corrected chi connectivity index (χ1v) is 9.13. The van der Waals surface area contributed by atoms with Crippen LogP contribution in [0.15, 0.2) is 66.9 Å². The lowest BCUT2D eigenvalue weighted by molar-refractivity contribution is 0.0679. The fraction of sp³-hybridized carbons (Fsp3) is 0.273. The van der Waals surface area contributed by atoms with Gasteiger partial charge in [-0.25, -0.2) is 4.79 Å². The molecule has 1 saturated heterocycles. The maximum absolute atomic E-state index is 12.7. The molecule has 2 heterocycles. The SMILES string of the molecule is O=C(OCc1ccccc1)N1CCCC[C@H]1c1ccc2ncccc2c1. The monoisotopic (exact) mass is 346 g/mol. The van der Waals surface area contributed by atoms with Crippen molar-refractivity contribution in [3.8, 4) is 0 Å². The highest BCUT2D eigenvalue weighted by molar-refractivity contribution is 5.79. The minimum atomic E-state index is -0.232. The van der Waals surface area contributed by atoms with Gasteiger partial charge >= 0.3 is 6.09 Å². The van der Waals surface area contributed by atoms with Gasteiger partial charge in [0.05, 0.1) is 11.6 Å². The molecule has 4 heteroatoms. The van der Waals surface area contributed by atoms with Gasteiger partial charge in [0.25, 0.3) is 0 Å². The summed E-state index contributed by atoms with van der Waals surface area (Å²) < 4.78 is 5.58. The first-order valence-electron chi connectivity index (χ1n) is 9.13. The zero-order chi connectivity index (χ0) is 17.8. The molecule has 2 aromatic carbocycles. The third-order valence-corrected chi connectivity index (χ3v) is 4.95. The normalized spacial score (nSPS) is 17.2. The fourth-order valence-corrected chi connectivity index (χ4v) is 3.60. The molecule has 4 nitrogen and oxygen atoms in total. The van der Waals surface area contributed by atoms with Gasteiger partial charge in [-0.1, -0.05) is 42.5 Å². The number of amides is 1. The molecule has 1 atom stereocenters. The maximum Gasteiger partial charge on any atom is 0.410 e. The molecule has 0 radical (unpaired) electrons. The Labute approximate surface area is 153 Å². The van der Waals surface area contributed by atoms with Gasteiger partial charge in [-0.3, -0.25) is 4.98 Å². The van der Waals surface area contributed by atoms with Crippen LogP contribution in [-0.2, 0) is 11.3 Å². The first-order chi connectivity index (χ1) is 12.8. The number of aromatic nitrogens is 1. The Bertz CT molecular complexity index is 895. The average molecular weight is 346 g/mol. The maximum atomic E-state index is 12.7. The number of hydrogen-bond acceptors (Lipinski definition) is 3. The van der Waals surface area contributed by atoms with Crippen LogP contribution in [-0.4, -0.2) is 22.5 Å². The summed E-state index contributed by atoms with van der Waals surface area (Å²) in [7, 11) is 0. The van der Waals surface area contributed by atoms with Gasteiger partial charge in [0, 0.05) is 18.1 Å². The topological polar surface area (TPSA) is 42.4 Å². The molecule has 0 aliphatic carbocycles. The second-order valence-corrected chi connectivity index (χ2v) is 6.70. The first kappa shape index (κ1) is 16.6. The molecule has 1 amide bonds. The van der Waals surface area contributed by atoms with Crippen LogP contribution in [0.25, 0.3) is 10.9 Å². The number of piperidine rings is 1. The molecule has 26 heavy (non-hydrogen) atoms. The van der Waals surface area contributed by atoms with E-state index < -0.39 is 0 Å². The third kappa shape index (κ3) is 3.54. The zero-order valence-corrected chi connectivity index (χ0v) is 14.7. The Hall–Kier alpha value is -2.88. The molecule has 1 aliphatic heterocycles. The van der Waals surface area contributed by atoms with Gasteiger partial charge in [0.1, 0.15) is 6.61 Å². The highest BCUT2D eigenvalue weighted by Gasteiger charge is 2.29. The van der Waals surface area contributed by atoms with Gasteiger partial charge in [0.2, 0.25) is 0 Å². The summed E-state index contributed by atoms with van der Waals surface area (Å²) in [5.74, 6) is 0. The number of ether oxygens (including phenoxy) is 1. The lowest BCUT2D eigenvalue weighted by Gasteiger charge is -2.35. The number of rotatable bonds is 3. The highest BCUT2D eigenvalue weighted by atomic mass is 16.6. The number of pyridine rings is 1. The molecule has 0 N–H and O–H groups in total. The molecule has 1 fully saturated rings. The van der Waals surface area contributed by atoms with Crippen molar-refractivity contribution in [2.75, 3.05) is 6.54 Å². The number of nitrogens with zero attached hydrogens (tertiary/aromatic N) is 2. The van der Waals surface area contributed by atoms with E-state index in [1.807, 2.05) is 47.4 Å². The van der Waals surface area contributed by atoms with Crippen molar-refractivity contribution in [1.82, 2.24) is 9.88 Å². The van der Waals surface area contributed by atoms with Crippen LogP contribution in [0.1, 0.15) is 36.4 Å². The van der Waals surface area contributed by atoms with E-state index in [0.717, 1.165) is 47.8 Å². The molecule has 0 unspecified atom stereocenters. The van der Waals surface area contributed by atoms with Crippen molar-refractivity contribution in [1.29, 1.82) is 0 Å². The number of carbonyl (C=O) groups excluding carboxylic acids is 1. The average Bonchev–Trinajstić information content (AvgIpc) is 2.72. The lowest BCUT2D eigenvalue weighted by Crippen LogP contribution is -2.38. The molecular weight excluding hydrogens is 324 g/mol. The van der Waals surface area contributed by atoms with Crippen LogP contribution in [0.5, 0.6) is 0 Å². The van der Waals surface area contributed by atoms with Crippen molar-refractivity contribution in [3.05, 3.63) is 78.0 Å². The van der Waals surface area contributed by atoms with Crippen LogP contribution in [0.2, 0.25) is 0 Å². The minimum absolute atomic E-state index is 0.0663. The van der Waals surface area contributed by atoms with E-state index in [1.54, 1.807) is 6.20 Å². The third-order valence-electron chi connectivity index (χ3n) is 4.95. The molecular formula is C22H22N2O2. The van der Waals surface area contributed by atoms with Gasteiger partial charge in [-0.05, 0) is 48.6 Å². The Morgan fingerprint density at radius 3 is 2.85 bits per heavy atom. The molecule has 0 bridgehead atoms. The number of hydrogen-bond donors (Lipinski definition) is 0. The van der Waals surface area contributed by atoms with Crippen molar-refractivity contribution in [3.63, 3.8) is 0 Å². The van der Waals surface area contributed by atoms with Crippen molar-refractivity contribution >= 4 is 17.0 Å². The van der Waals surface area contributed by atoms with E-state index in [-0.39, 0.29) is 12.1 Å². The van der Waals surface area contributed by atoms with Gasteiger partial charge in [-0.2, -0.15) is 0 Å². The van der Waals surface area contributed by atoms with E-state index in [9.17, 15) is 4.79 Å². The van der Waals surface area contributed by atoms with E-state index in [1.165, 1.54) is 0 Å². The number of carbonyl (C=O) groups is 1. The lowest BCUT2D eigenvalue weighted by atomic mass is 9.94.